The van der Waals surface area contributed by atoms with E-state index in [1.807, 2.05) is 20.8 Å². The number of H-pyrrole nitrogens is 1. The predicted octanol–water partition coefficient (Wildman–Crippen LogP) is 2.82. The van der Waals surface area contributed by atoms with Gasteiger partial charge in [-0.15, -0.1) is 10.2 Å². The van der Waals surface area contributed by atoms with Gasteiger partial charge in [0.15, 0.2) is 17.1 Å². The smallest absolute Gasteiger partial charge is 0.249 e. The zero-order valence-electron chi connectivity index (χ0n) is 14.3. The molecule has 4 rings (SSSR count). The average molecular weight is 392 g/mol. The van der Waals surface area contributed by atoms with Gasteiger partial charge >= 0.3 is 0 Å². The molecule has 0 aliphatic carbocycles. The first-order chi connectivity index (χ1) is 12.5. The van der Waals surface area contributed by atoms with E-state index in [1.165, 1.54) is 23.3 Å². The molecule has 1 aliphatic rings. The molecule has 0 bridgehead atoms. The second-order valence-corrected chi connectivity index (χ2v) is 7.75. The van der Waals surface area contributed by atoms with Crippen molar-refractivity contribution in [2.75, 3.05) is 12.4 Å². The number of nitrogens with one attached hydrogen (secondary N) is 1. The zero-order valence-corrected chi connectivity index (χ0v) is 16.0. The molecular formula is C14H16N8O2S2. The number of Topliss-reactive ketones (excluding diaryl/α,β-unsaturated/α-hetero) is 1. The fourth-order valence-corrected chi connectivity index (χ4v) is 3.67. The van der Waals surface area contributed by atoms with Crippen LogP contribution in [0.25, 0.3) is 5.65 Å². The van der Waals surface area contributed by atoms with E-state index in [0.717, 1.165) is 5.82 Å². The molecule has 1 aliphatic heterocycles. The van der Waals surface area contributed by atoms with Gasteiger partial charge < -0.3 is 4.74 Å². The summed E-state index contributed by atoms with van der Waals surface area (Å²) in [6, 6.07) is 0. The SMILES string of the molecule is Cc1n[nH]c2c(/N=N/c3nc(C(C)C)ns3)c(SCC(=O)C3CO3)nn12. The number of fused-ring (bicyclic) bond motifs is 1. The summed E-state index contributed by atoms with van der Waals surface area (Å²) in [4.78, 5) is 16.2. The van der Waals surface area contributed by atoms with Crippen molar-refractivity contribution in [3.05, 3.63) is 11.6 Å². The molecule has 1 atom stereocenters. The minimum atomic E-state index is -0.265. The molecule has 10 nitrogen and oxygen atoms in total. The molecule has 1 saturated heterocycles. The van der Waals surface area contributed by atoms with Crippen LogP contribution in [0, 0.1) is 6.92 Å². The van der Waals surface area contributed by atoms with E-state index in [0.29, 0.717) is 33.9 Å². The number of ether oxygens (including phenoxy) is 1. The fraction of sp³-hybridized carbons (Fsp3) is 0.500. The number of nitrogens with zero attached hydrogens (tertiary/aromatic N) is 7. The Kier molecular flexibility index (Phi) is 4.54. The largest absolute Gasteiger partial charge is 0.365 e. The Bertz CT molecular complexity index is 985. The lowest BCUT2D eigenvalue weighted by Gasteiger charge is -1.96. The normalized spacial score (nSPS) is 17.0. The van der Waals surface area contributed by atoms with Crippen LogP contribution in [0.4, 0.5) is 10.8 Å². The summed E-state index contributed by atoms with van der Waals surface area (Å²) in [7, 11) is 0. The van der Waals surface area contributed by atoms with Crippen molar-refractivity contribution in [1.29, 1.82) is 0 Å². The van der Waals surface area contributed by atoms with Gasteiger partial charge in [-0.3, -0.25) is 9.89 Å². The van der Waals surface area contributed by atoms with Gasteiger partial charge in [0.25, 0.3) is 0 Å². The summed E-state index contributed by atoms with van der Waals surface area (Å²) >= 11 is 2.51. The van der Waals surface area contributed by atoms with Gasteiger partial charge in [0.2, 0.25) is 5.13 Å². The minimum absolute atomic E-state index is 0.0510. The van der Waals surface area contributed by atoms with Crippen molar-refractivity contribution in [3.63, 3.8) is 0 Å². The summed E-state index contributed by atoms with van der Waals surface area (Å²) < 4.78 is 10.9. The Labute approximate surface area is 156 Å². The number of thioether (sulfide) groups is 1. The summed E-state index contributed by atoms with van der Waals surface area (Å²) in [5, 5.41) is 21.1. The predicted molar refractivity (Wildman–Crippen MR) is 95.7 cm³/mol. The highest BCUT2D eigenvalue weighted by Crippen LogP contribution is 2.34. The molecule has 0 radical (unpaired) electrons. The summed E-state index contributed by atoms with van der Waals surface area (Å²) in [6.45, 7) is 6.38. The van der Waals surface area contributed by atoms with E-state index in [1.54, 1.807) is 4.52 Å². The Balaban J connectivity index is 1.61. The molecule has 136 valence electrons. The van der Waals surface area contributed by atoms with Crippen LogP contribution < -0.4 is 0 Å². The number of hydrogen-bond donors (Lipinski definition) is 1. The van der Waals surface area contributed by atoms with E-state index in [4.69, 9.17) is 4.74 Å². The van der Waals surface area contributed by atoms with Crippen LogP contribution in [-0.2, 0) is 9.53 Å². The van der Waals surface area contributed by atoms with Crippen LogP contribution in [0.2, 0.25) is 0 Å². The number of hydrogen-bond acceptors (Lipinski definition) is 10. The van der Waals surface area contributed by atoms with Crippen molar-refractivity contribution >= 4 is 45.5 Å². The average Bonchev–Trinajstić information content (AvgIpc) is 3.10. The number of carbonyl (C=O) groups excluding carboxylic acids is 1. The maximum Gasteiger partial charge on any atom is 0.249 e. The number of carbonyl (C=O) groups is 1. The second kappa shape index (κ2) is 6.85. The lowest BCUT2D eigenvalue weighted by molar-refractivity contribution is -0.117. The van der Waals surface area contributed by atoms with Crippen LogP contribution in [0.15, 0.2) is 15.3 Å². The molecule has 1 N–H and O–H groups in total. The van der Waals surface area contributed by atoms with Gasteiger partial charge in [0, 0.05) is 17.5 Å². The van der Waals surface area contributed by atoms with Crippen molar-refractivity contribution in [1.82, 2.24) is 29.2 Å². The first-order valence-corrected chi connectivity index (χ1v) is 9.75. The molecule has 3 aromatic rings. The number of aromatic nitrogens is 6. The van der Waals surface area contributed by atoms with Crippen LogP contribution in [0.1, 0.15) is 31.4 Å². The third-order valence-corrected chi connectivity index (χ3v) is 5.28. The van der Waals surface area contributed by atoms with Crippen LogP contribution in [0.3, 0.4) is 0 Å². The van der Waals surface area contributed by atoms with Crippen molar-refractivity contribution < 1.29 is 9.53 Å². The zero-order chi connectivity index (χ0) is 18.3. The highest BCUT2D eigenvalue weighted by atomic mass is 32.2. The Morgan fingerprint density at radius 1 is 1.50 bits per heavy atom. The van der Waals surface area contributed by atoms with Crippen molar-refractivity contribution in [3.8, 4) is 0 Å². The molecule has 1 fully saturated rings. The van der Waals surface area contributed by atoms with E-state index >= 15 is 0 Å². The number of rotatable bonds is 7. The monoisotopic (exact) mass is 392 g/mol. The van der Waals surface area contributed by atoms with Gasteiger partial charge in [-0.25, -0.2) is 0 Å². The lowest BCUT2D eigenvalue weighted by Crippen LogP contribution is -2.09. The first kappa shape index (κ1) is 17.2. The first-order valence-electron chi connectivity index (χ1n) is 7.99. The van der Waals surface area contributed by atoms with Gasteiger partial charge in [-0.05, 0) is 6.92 Å². The van der Waals surface area contributed by atoms with Crippen LogP contribution >= 0.6 is 23.3 Å². The Morgan fingerprint density at radius 3 is 3.00 bits per heavy atom. The van der Waals surface area contributed by atoms with Crippen molar-refractivity contribution in [2.45, 2.75) is 37.8 Å². The van der Waals surface area contributed by atoms with Gasteiger partial charge in [-0.1, -0.05) is 25.6 Å². The summed E-state index contributed by atoms with van der Waals surface area (Å²) in [5.74, 6) is 1.99. The second-order valence-electron chi connectivity index (χ2n) is 6.05. The standard InChI is InChI=1S/C14H16N8O2S2/c1-6(2)11-15-14(26-21-11)19-17-10-12-18-16-7(3)22(12)20-13(10)25-5-8(23)9-4-24-9/h6,9,18H,4-5H2,1-3H3/b19-17+. The number of ketones is 1. The molecular weight excluding hydrogens is 376 g/mol. The van der Waals surface area contributed by atoms with Gasteiger partial charge in [0.05, 0.1) is 12.4 Å². The summed E-state index contributed by atoms with van der Waals surface area (Å²) in [5.41, 5.74) is 1.15. The molecule has 26 heavy (non-hydrogen) atoms. The van der Waals surface area contributed by atoms with E-state index in [9.17, 15) is 4.79 Å². The van der Waals surface area contributed by atoms with E-state index < -0.39 is 0 Å². The molecule has 0 amide bonds. The third kappa shape index (κ3) is 3.39. The highest BCUT2D eigenvalue weighted by molar-refractivity contribution is 8.00. The van der Waals surface area contributed by atoms with Gasteiger partial charge in [-0.2, -0.15) is 24.1 Å². The molecule has 0 aromatic carbocycles. The Morgan fingerprint density at radius 2 is 2.31 bits per heavy atom. The van der Waals surface area contributed by atoms with E-state index in [2.05, 4.69) is 34.9 Å². The van der Waals surface area contributed by atoms with Gasteiger partial charge in [0.1, 0.15) is 22.8 Å². The van der Waals surface area contributed by atoms with E-state index in [-0.39, 0.29) is 23.6 Å². The molecule has 4 heterocycles. The maximum atomic E-state index is 11.9. The van der Waals surface area contributed by atoms with Crippen LogP contribution in [-0.4, -0.2) is 53.4 Å². The quantitative estimate of drug-likeness (QED) is 0.372. The Hall–Kier alpha value is -2.18. The minimum Gasteiger partial charge on any atom is -0.365 e. The summed E-state index contributed by atoms with van der Waals surface area (Å²) in [6.07, 6.45) is -0.265. The number of aryl methyl sites for hydroxylation is 1. The third-order valence-electron chi connectivity index (χ3n) is 3.69. The lowest BCUT2D eigenvalue weighted by atomic mass is 10.2. The molecule has 0 saturated carbocycles. The molecule has 12 heteroatoms. The molecule has 3 aromatic heterocycles. The highest BCUT2D eigenvalue weighted by Gasteiger charge is 2.31. The number of epoxide rings is 1. The molecule has 0 spiro atoms. The number of azo groups is 1. The fourth-order valence-electron chi connectivity index (χ4n) is 2.15. The number of aromatic amines is 1. The maximum absolute atomic E-state index is 11.9. The van der Waals surface area contributed by atoms with Crippen LogP contribution in [0.5, 0.6) is 0 Å². The topological polar surface area (TPSA) is 126 Å². The molecule has 1 unspecified atom stereocenters. The van der Waals surface area contributed by atoms with Crippen molar-refractivity contribution in [2.24, 2.45) is 10.2 Å².